The average molecular weight is 366 g/mol. The van der Waals surface area contributed by atoms with Crippen molar-refractivity contribution < 1.29 is 14.6 Å². The quantitative estimate of drug-likeness (QED) is 0.790. The summed E-state index contributed by atoms with van der Waals surface area (Å²) in [5, 5.41) is 13.4. The first-order chi connectivity index (χ1) is 10.7. The van der Waals surface area contributed by atoms with Crippen LogP contribution < -0.4 is 14.8 Å². The summed E-state index contributed by atoms with van der Waals surface area (Å²) in [5.41, 5.74) is 1.95. The summed E-state index contributed by atoms with van der Waals surface area (Å²) in [6.07, 6.45) is -0.523. The SMILES string of the molecule is COc1cc(CNC[C@@H](O)c2ccccc2)cc(Br)c1OC. The van der Waals surface area contributed by atoms with E-state index in [1.165, 1.54) is 0 Å². The zero-order valence-corrected chi connectivity index (χ0v) is 14.3. The normalized spacial score (nSPS) is 12.0. The Bertz CT molecular complexity index is 604. The summed E-state index contributed by atoms with van der Waals surface area (Å²) in [4.78, 5) is 0. The third-order valence-corrected chi connectivity index (χ3v) is 3.93. The molecule has 0 amide bonds. The molecule has 0 saturated heterocycles. The van der Waals surface area contributed by atoms with Gasteiger partial charge in [-0.25, -0.2) is 0 Å². The number of methoxy groups -OCH3 is 2. The molecule has 0 unspecified atom stereocenters. The van der Waals surface area contributed by atoms with Crippen LogP contribution in [0.3, 0.4) is 0 Å². The summed E-state index contributed by atoms with van der Waals surface area (Å²) >= 11 is 3.47. The largest absolute Gasteiger partial charge is 0.493 e. The van der Waals surface area contributed by atoms with Crippen LogP contribution in [0.5, 0.6) is 11.5 Å². The number of aliphatic hydroxyl groups excluding tert-OH is 1. The Hall–Kier alpha value is -1.56. The van der Waals surface area contributed by atoms with Crippen LogP contribution >= 0.6 is 15.9 Å². The molecule has 22 heavy (non-hydrogen) atoms. The molecule has 0 aliphatic carbocycles. The molecule has 1 atom stereocenters. The maximum Gasteiger partial charge on any atom is 0.174 e. The molecular formula is C17H20BrNO3. The van der Waals surface area contributed by atoms with Gasteiger partial charge in [-0.1, -0.05) is 30.3 Å². The van der Waals surface area contributed by atoms with Crippen LogP contribution in [0, 0.1) is 0 Å². The first-order valence-electron chi connectivity index (χ1n) is 6.99. The average Bonchev–Trinajstić information content (AvgIpc) is 2.55. The Labute approximate surface area is 139 Å². The summed E-state index contributed by atoms with van der Waals surface area (Å²) in [6.45, 7) is 1.11. The maximum atomic E-state index is 10.1. The molecule has 5 heteroatoms. The molecule has 4 nitrogen and oxygen atoms in total. The van der Waals surface area contributed by atoms with Gasteiger partial charge in [-0.15, -0.1) is 0 Å². The van der Waals surface area contributed by atoms with Gasteiger partial charge in [-0.05, 0) is 39.2 Å². The zero-order valence-electron chi connectivity index (χ0n) is 12.7. The van der Waals surface area contributed by atoms with Crippen molar-refractivity contribution in [3.63, 3.8) is 0 Å². The van der Waals surface area contributed by atoms with Crippen molar-refractivity contribution in [3.05, 3.63) is 58.1 Å². The molecule has 0 heterocycles. The molecule has 0 bridgehead atoms. The van der Waals surface area contributed by atoms with E-state index in [2.05, 4.69) is 21.2 Å². The lowest BCUT2D eigenvalue weighted by molar-refractivity contribution is 0.174. The minimum absolute atomic E-state index is 0.482. The molecule has 0 fully saturated rings. The van der Waals surface area contributed by atoms with Gasteiger partial charge >= 0.3 is 0 Å². The van der Waals surface area contributed by atoms with Crippen molar-refractivity contribution in [1.82, 2.24) is 5.32 Å². The minimum Gasteiger partial charge on any atom is -0.493 e. The highest BCUT2D eigenvalue weighted by Gasteiger charge is 2.11. The maximum absolute atomic E-state index is 10.1. The molecule has 2 N–H and O–H groups in total. The fourth-order valence-corrected chi connectivity index (χ4v) is 2.87. The third-order valence-electron chi connectivity index (χ3n) is 3.34. The Kier molecular flexibility index (Phi) is 6.24. The van der Waals surface area contributed by atoms with Crippen LogP contribution in [-0.2, 0) is 6.54 Å². The second-order valence-electron chi connectivity index (χ2n) is 4.87. The van der Waals surface area contributed by atoms with Crippen LogP contribution in [0.15, 0.2) is 46.9 Å². The van der Waals surface area contributed by atoms with Crippen molar-refractivity contribution in [2.75, 3.05) is 20.8 Å². The number of benzene rings is 2. The monoisotopic (exact) mass is 365 g/mol. The molecule has 0 aliphatic rings. The lowest BCUT2D eigenvalue weighted by Crippen LogP contribution is -2.21. The predicted molar refractivity (Wildman–Crippen MR) is 90.4 cm³/mol. The first-order valence-corrected chi connectivity index (χ1v) is 7.79. The number of ether oxygens (including phenoxy) is 2. The molecule has 0 aromatic heterocycles. The molecular weight excluding hydrogens is 346 g/mol. The summed E-state index contributed by atoms with van der Waals surface area (Å²) in [7, 11) is 3.22. The van der Waals surface area contributed by atoms with Gasteiger partial charge in [0, 0.05) is 13.1 Å². The number of nitrogens with one attached hydrogen (secondary N) is 1. The summed E-state index contributed by atoms with van der Waals surface area (Å²) in [6, 6.07) is 13.5. The van der Waals surface area contributed by atoms with Crippen molar-refractivity contribution in [2.45, 2.75) is 12.6 Å². The van der Waals surface area contributed by atoms with E-state index >= 15 is 0 Å². The number of halogens is 1. The van der Waals surface area contributed by atoms with E-state index in [0.29, 0.717) is 24.6 Å². The Morgan fingerprint density at radius 3 is 2.50 bits per heavy atom. The molecule has 0 radical (unpaired) electrons. The van der Waals surface area contributed by atoms with Gasteiger partial charge in [-0.3, -0.25) is 0 Å². The molecule has 0 aliphatic heterocycles. The minimum atomic E-state index is -0.523. The van der Waals surface area contributed by atoms with Crippen molar-refractivity contribution in [1.29, 1.82) is 0 Å². The number of hydrogen-bond donors (Lipinski definition) is 2. The number of aliphatic hydroxyl groups is 1. The highest BCUT2D eigenvalue weighted by molar-refractivity contribution is 9.10. The van der Waals surface area contributed by atoms with Gasteiger partial charge in [-0.2, -0.15) is 0 Å². The lowest BCUT2D eigenvalue weighted by Gasteiger charge is -2.14. The van der Waals surface area contributed by atoms with E-state index in [1.54, 1.807) is 14.2 Å². The summed E-state index contributed by atoms with van der Waals surface area (Å²) in [5.74, 6) is 1.35. The predicted octanol–water partition coefficient (Wildman–Crippen LogP) is 3.29. The van der Waals surface area contributed by atoms with E-state index < -0.39 is 6.10 Å². The van der Waals surface area contributed by atoms with Gasteiger partial charge in [0.25, 0.3) is 0 Å². The van der Waals surface area contributed by atoms with E-state index in [1.807, 2.05) is 42.5 Å². The van der Waals surface area contributed by atoms with Gasteiger partial charge < -0.3 is 19.9 Å². The van der Waals surface area contributed by atoms with Gasteiger partial charge in [0.05, 0.1) is 24.8 Å². The van der Waals surface area contributed by atoms with E-state index in [-0.39, 0.29) is 0 Å². The second kappa shape index (κ2) is 8.17. The topological polar surface area (TPSA) is 50.7 Å². The van der Waals surface area contributed by atoms with Gasteiger partial charge in [0.1, 0.15) is 0 Å². The van der Waals surface area contributed by atoms with Gasteiger partial charge in [0.15, 0.2) is 11.5 Å². The zero-order chi connectivity index (χ0) is 15.9. The van der Waals surface area contributed by atoms with Crippen LogP contribution in [0.1, 0.15) is 17.2 Å². The Morgan fingerprint density at radius 2 is 1.86 bits per heavy atom. The smallest absolute Gasteiger partial charge is 0.174 e. The fraction of sp³-hybridized carbons (Fsp3) is 0.294. The Balaban J connectivity index is 1.96. The highest BCUT2D eigenvalue weighted by atomic mass is 79.9. The molecule has 0 spiro atoms. The van der Waals surface area contributed by atoms with Crippen LogP contribution in [-0.4, -0.2) is 25.9 Å². The fourth-order valence-electron chi connectivity index (χ4n) is 2.22. The number of rotatable bonds is 7. The first kappa shape index (κ1) is 16.8. The molecule has 118 valence electrons. The lowest BCUT2D eigenvalue weighted by atomic mass is 10.1. The standard InChI is InChI=1S/C17H20BrNO3/c1-21-16-9-12(8-14(18)17(16)22-2)10-19-11-15(20)13-6-4-3-5-7-13/h3-9,15,19-20H,10-11H2,1-2H3/t15-/m1/s1. The second-order valence-corrected chi connectivity index (χ2v) is 5.72. The van der Waals surface area contributed by atoms with Gasteiger partial charge in [0.2, 0.25) is 0 Å². The molecule has 2 aromatic carbocycles. The molecule has 2 rings (SSSR count). The van der Waals surface area contributed by atoms with Crippen LogP contribution in [0.4, 0.5) is 0 Å². The van der Waals surface area contributed by atoms with E-state index in [0.717, 1.165) is 15.6 Å². The highest BCUT2D eigenvalue weighted by Crippen LogP contribution is 2.36. The summed E-state index contributed by atoms with van der Waals surface area (Å²) < 4.78 is 11.5. The van der Waals surface area contributed by atoms with Crippen molar-refractivity contribution >= 4 is 15.9 Å². The van der Waals surface area contributed by atoms with Crippen LogP contribution in [0.25, 0.3) is 0 Å². The molecule has 2 aromatic rings. The number of hydrogen-bond acceptors (Lipinski definition) is 4. The Morgan fingerprint density at radius 1 is 1.14 bits per heavy atom. The van der Waals surface area contributed by atoms with Crippen molar-refractivity contribution in [3.8, 4) is 11.5 Å². The molecule has 0 saturated carbocycles. The third kappa shape index (κ3) is 4.22. The van der Waals surface area contributed by atoms with E-state index in [4.69, 9.17) is 9.47 Å². The van der Waals surface area contributed by atoms with Crippen LogP contribution in [0.2, 0.25) is 0 Å². The van der Waals surface area contributed by atoms with E-state index in [9.17, 15) is 5.11 Å². The van der Waals surface area contributed by atoms with Crippen molar-refractivity contribution in [2.24, 2.45) is 0 Å².